The van der Waals surface area contributed by atoms with Crippen LogP contribution in [0, 0.1) is 11.3 Å². The fourth-order valence-electron chi connectivity index (χ4n) is 8.81. The Morgan fingerprint density at radius 1 is 0.909 bits per heavy atom. The molecule has 0 bridgehead atoms. The van der Waals surface area contributed by atoms with E-state index >= 15 is 0 Å². The van der Waals surface area contributed by atoms with Crippen LogP contribution in [0.4, 0.5) is 23.0 Å². The highest BCUT2D eigenvalue weighted by Crippen LogP contribution is 2.48. The molecule has 7 rings (SSSR count). The zero-order valence-corrected chi connectivity index (χ0v) is 38.5. The largest absolute Gasteiger partial charge is 0.383 e. The number of nitrogen functional groups attached to an aromatic ring is 1. The summed E-state index contributed by atoms with van der Waals surface area (Å²) in [5.74, 6) is -1.26. The van der Waals surface area contributed by atoms with Crippen molar-refractivity contribution in [3.05, 3.63) is 58.7 Å². The number of fused-ring (bicyclic) bond motifs is 1. The van der Waals surface area contributed by atoms with Gasteiger partial charge in [-0.3, -0.25) is 39.0 Å². The lowest BCUT2D eigenvalue weighted by molar-refractivity contribution is -0.136. The number of aromatic nitrogens is 2. The fourth-order valence-corrected chi connectivity index (χ4v) is 9.91. The highest BCUT2D eigenvalue weighted by atomic mass is 35.5. The van der Waals surface area contributed by atoms with Crippen LogP contribution in [0.15, 0.2) is 52.5 Å². The van der Waals surface area contributed by atoms with Crippen LogP contribution in [0.5, 0.6) is 0 Å². The van der Waals surface area contributed by atoms with Crippen molar-refractivity contribution in [2.24, 2.45) is 17.1 Å². The van der Waals surface area contributed by atoms with E-state index in [1.807, 2.05) is 6.07 Å². The number of nitrogens with one attached hydrogen (secondary N) is 4. The van der Waals surface area contributed by atoms with Crippen molar-refractivity contribution in [2.45, 2.75) is 80.3 Å². The van der Waals surface area contributed by atoms with Crippen molar-refractivity contribution >= 4 is 81.8 Å². The molecule has 1 spiro atoms. The van der Waals surface area contributed by atoms with E-state index in [4.69, 9.17) is 37.3 Å². The van der Waals surface area contributed by atoms with Gasteiger partial charge in [0, 0.05) is 62.1 Å². The quantitative estimate of drug-likeness (QED) is 0.0658. The van der Waals surface area contributed by atoms with Gasteiger partial charge in [-0.15, -0.1) is 0 Å². The van der Waals surface area contributed by atoms with Crippen LogP contribution in [0.25, 0.3) is 0 Å². The van der Waals surface area contributed by atoms with Crippen molar-refractivity contribution in [1.29, 1.82) is 0 Å². The molecule has 3 aliphatic heterocycles. The molecule has 4 aliphatic rings. The molecule has 2 aromatic carbocycles. The molecule has 1 saturated carbocycles. The van der Waals surface area contributed by atoms with Gasteiger partial charge in [0.15, 0.2) is 5.82 Å². The van der Waals surface area contributed by atoms with Crippen molar-refractivity contribution in [2.75, 3.05) is 87.1 Å². The zero-order valence-electron chi connectivity index (χ0n) is 36.9. The number of hydrogen-bond acceptors (Lipinski definition) is 16. The van der Waals surface area contributed by atoms with Gasteiger partial charge < -0.3 is 46.5 Å². The van der Waals surface area contributed by atoms with E-state index in [-0.39, 0.29) is 73.2 Å². The van der Waals surface area contributed by atoms with Gasteiger partial charge in [-0.05, 0) is 73.8 Å². The van der Waals surface area contributed by atoms with Crippen LogP contribution in [0.1, 0.15) is 79.0 Å². The number of amides is 6. The number of piperidine rings is 2. The Kier molecular flexibility index (Phi) is 16.5. The maximum absolute atomic E-state index is 13.0. The van der Waals surface area contributed by atoms with Gasteiger partial charge in [0.2, 0.25) is 23.6 Å². The molecule has 2 saturated heterocycles. The number of nitrogens with zero attached hydrogens (tertiary/aromatic N) is 4. The molecule has 21 heteroatoms. The monoisotopic (exact) mass is 948 g/mol. The molecule has 8 N–H and O–H groups in total. The van der Waals surface area contributed by atoms with E-state index in [9.17, 15) is 28.8 Å². The van der Waals surface area contributed by atoms with E-state index < -0.39 is 29.7 Å². The van der Waals surface area contributed by atoms with Crippen LogP contribution in [0.3, 0.4) is 0 Å². The average Bonchev–Trinajstić information content (AvgIpc) is 3.71. The minimum atomic E-state index is -1.02. The molecule has 354 valence electrons. The van der Waals surface area contributed by atoms with E-state index in [0.29, 0.717) is 77.6 Å². The van der Waals surface area contributed by atoms with Gasteiger partial charge in [-0.2, -0.15) is 0 Å². The third-order valence-electron chi connectivity index (χ3n) is 12.6. The second-order valence-corrected chi connectivity index (χ2v) is 18.3. The molecule has 3 fully saturated rings. The second-order valence-electron chi connectivity index (χ2n) is 16.9. The summed E-state index contributed by atoms with van der Waals surface area (Å²) in [5, 5.41) is 11.7. The molecule has 19 nitrogen and oxygen atoms in total. The standard InChI is InChI=1S/C45H57ClN10O9S/c1-27-11-12-45(39(27)47)13-17-55(18-14-45)34-26-51-42(40(48)53-34)66-33-4-2-3-31(38(33)46)52-36(58)10-9-35(57)50-16-20-64-22-24-65-23-21-63-19-15-49-28-5-6-29-30(25-28)44(62)56(43(29)61)32-7-8-37(59)54-41(32)60/h2-6,25-27,32,39,49H,7-24,47H2,1H3,(H2,48,53)(H,50,57)(H,52,58)(H,54,59,60)/t27-,32?,39-/m1/s1. The number of nitrogens with two attached hydrogens (primary N) is 2. The van der Waals surface area contributed by atoms with Crippen LogP contribution in [-0.4, -0.2) is 128 Å². The lowest BCUT2D eigenvalue weighted by atomic mass is 9.73. The summed E-state index contributed by atoms with van der Waals surface area (Å²) in [6.07, 6.45) is 6.26. The van der Waals surface area contributed by atoms with E-state index in [1.54, 1.807) is 36.5 Å². The number of anilines is 4. The normalized spacial score (nSPS) is 20.1. The number of imide groups is 2. The first-order valence-electron chi connectivity index (χ1n) is 22.3. The number of carbonyl (C=O) groups excluding carboxylic acids is 6. The lowest BCUT2D eigenvalue weighted by Gasteiger charge is -2.43. The molecule has 3 aromatic rings. The minimum Gasteiger partial charge on any atom is -0.383 e. The summed E-state index contributed by atoms with van der Waals surface area (Å²) in [4.78, 5) is 87.9. The molecule has 0 radical (unpaired) electrons. The third-order valence-corrected chi connectivity index (χ3v) is 14.2. The Bertz CT molecular complexity index is 2300. The Morgan fingerprint density at radius 3 is 2.30 bits per heavy atom. The molecule has 3 atom stereocenters. The van der Waals surface area contributed by atoms with Crippen LogP contribution < -0.4 is 37.6 Å². The predicted octanol–water partition coefficient (Wildman–Crippen LogP) is 3.61. The topological polar surface area (TPSA) is 263 Å². The highest BCUT2D eigenvalue weighted by Gasteiger charge is 2.47. The smallest absolute Gasteiger partial charge is 0.262 e. The third kappa shape index (κ3) is 11.8. The number of halogens is 1. The molecule has 4 heterocycles. The predicted molar refractivity (Wildman–Crippen MR) is 247 cm³/mol. The van der Waals surface area contributed by atoms with Crippen LogP contribution >= 0.6 is 23.4 Å². The van der Waals surface area contributed by atoms with Crippen molar-refractivity contribution in [3.8, 4) is 0 Å². The van der Waals surface area contributed by atoms with Crippen molar-refractivity contribution in [1.82, 2.24) is 25.5 Å². The first kappa shape index (κ1) is 48.6. The Morgan fingerprint density at radius 2 is 1.61 bits per heavy atom. The Labute approximate surface area is 392 Å². The van der Waals surface area contributed by atoms with E-state index in [2.05, 4.69) is 43.1 Å². The zero-order chi connectivity index (χ0) is 46.8. The summed E-state index contributed by atoms with van der Waals surface area (Å²) in [7, 11) is 0. The molecular weight excluding hydrogens is 892 g/mol. The van der Waals surface area contributed by atoms with Crippen LogP contribution in [-0.2, 0) is 33.4 Å². The average molecular weight is 950 g/mol. The van der Waals surface area contributed by atoms with Crippen molar-refractivity contribution in [3.63, 3.8) is 0 Å². The summed E-state index contributed by atoms with van der Waals surface area (Å²) >= 11 is 7.96. The second kappa shape index (κ2) is 22.4. The molecule has 6 amide bonds. The molecule has 1 aromatic heterocycles. The number of ether oxygens (including phenoxy) is 3. The summed E-state index contributed by atoms with van der Waals surface area (Å²) < 4.78 is 16.6. The fraction of sp³-hybridized carbons (Fsp3) is 0.511. The van der Waals surface area contributed by atoms with Gasteiger partial charge in [-0.1, -0.05) is 36.4 Å². The maximum atomic E-state index is 13.0. The maximum Gasteiger partial charge on any atom is 0.262 e. The van der Waals surface area contributed by atoms with Gasteiger partial charge in [-0.25, -0.2) is 9.97 Å². The van der Waals surface area contributed by atoms with Gasteiger partial charge in [0.05, 0.1) is 67.7 Å². The number of benzene rings is 2. The molecular formula is C45H57ClN10O9S. The number of rotatable bonds is 21. The Balaban J connectivity index is 0.704. The van der Waals surface area contributed by atoms with E-state index in [0.717, 1.165) is 36.6 Å². The molecule has 1 aliphatic carbocycles. The number of hydrogen-bond donors (Lipinski definition) is 6. The molecule has 66 heavy (non-hydrogen) atoms. The minimum absolute atomic E-state index is 0.0157. The number of carbonyl (C=O) groups is 6. The summed E-state index contributed by atoms with van der Waals surface area (Å²) in [5.41, 5.74) is 14.6. The van der Waals surface area contributed by atoms with Gasteiger partial charge in [0.25, 0.3) is 11.8 Å². The highest BCUT2D eigenvalue weighted by molar-refractivity contribution is 7.99. The molecule has 1 unspecified atom stereocenters. The summed E-state index contributed by atoms with van der Waals surface area (Å²) in [6, 6.07) is 9.28. The first-order chi connectivity index (χ1) is 31.8. The van der Waals surface area contributed by atoms with Crippen molar-refractivity contribution < 1.29 is 43.0 Å². The Hall–Kier alpha value is -5.38. The van der Waals surface area contributed by atoms with Crippen LogP contribution in [0.2, 0.25) is 5.02 Å². The van der Waals surface area contributed by atoms with E-state index in [1.165, 1.54) is 24.6 Å². The summed E-state index contributed by atoms with van der Waals surface area (Å²) in [6.45, 7) is 6.63. The lowest BCUT2D eigenvalue weighted by Crippen LogP contribution is -2.54. The first-order valence-corrected chi connectivity index (χ1v) is 23.5. The van der Waals surface area contributed by atoms with Gasteiger partial charge >= 0.3 is 0 Å². The SMILES string of the molecule is C[C@@H]1CCC2(CCN(c3cnc(Sc4cccc(NC(=O)CCC(=O)NCCOCCOCCOCCNc5ccc6c(c5)C(=O)N(C5CCC(=O)NC5=O)C6=O)c4Cl)c(N)n3)CC2)[C@@H]1N. The van der Waals surface area contributed by atoms with Gasteiger partial charge in [0.1, 0.15) is 16.9 Å².